The Balaban J connectivity index is 2.25. The molecule has 2 rings (SSSR count). The average molecular weight is 320 g/mol. The van der Waals surface area contributed by atoms with E-state index in [0.29, 0.717) is 17.2 Å². The van der Waals surface area contributed by atoms with Gasteiger partial charge in [0, 0.05) is 17.8 Å². The highest BCUT2D eigenvalue weighted by atomic mass is 32.2. The molecule has 2 aromatic rings. The molecule has 6 nitrogen and oxygen atoms in total. The van der Waals surface area contributed by atoms with Crippen molar-refractivity contribution in [3.05, 3.63) is 48.0 Å². The van der Waals surface area contributed by atoms with Gasteiger partial charge in [0.25, 0.3) is 0 Å². The molecule has 0 aliphatic carbocycles. The summed E-state index contributed by atoms with van der Waals surface area (Å²) in [5, 5.41) is 5.04. The van der Waals surface area contributed by atoms with Crippen molar-refractivity contribution in [3.63, 3.8) is 0 Å². The van der Waals surface area contributed by atoms with Crippen molar-refractivity contribution in [2.24, 2.45) is 10.1 Å². The van der Waals surface area contributed by atoms with E-state index in [1.807, 2.05) is 6.07 Å². The summed E-state index contributed by atoms with van der Waals surface area (Å²) in [6.07, 6.45) is 1.63. The maximum atomic E-state index is 11.2. The maximum absolute atomic E-state index is 11.2. The van der Waals surface area contributed by atoms with E-state index in [1.165, 1.54) is 12.1 Å². The van der Waals surface area contributed by atoms with Crippen LogP contribution in [0.25, 0.3) is 0 Å². The molecule has 0 aliphatic rings. The quantitative estimate of drug-likeness (QED) is 0.854. The second kappa shape index (κ2) is 6.59. The Morgan fingerprint density at radius 1 is 1.05 bits per heavy atom. The largest absolute Gasteiger partial charge is 0.497 e. The van der Waals surface area contributed by atoms with Gasteiger partial charge in [0.2, 0.25) is 10.0 Å². The number of hydrogen-bond acceptors (Lipinski definition) is 5. The molecular weight excluding hydrogens is 304 g/mol. The highest BCUT2D eigenvalue weighted by molar-refractivity contribution is 7.89. The van der Waals surface area contributed by atoms with E-state index < -0.39 is 10.0 Å². The van der Waals surface area contributed by atoms with Crippen molar-refractivity contribution in [2.45, 2.75) is 4.90 Å². The Bertz CT molecular complexity index is 784. The third kappa shape index (κ3) is 3.84. The number of aliphatic imine (C=N–C) groups is 1. The molecule has 0 unspecified atom stereocenters. The van der Waals surface area contributed by atoms with Gasteiger partial charge in [-0.15, -0.1) is 0 Å². The molecule has 0 amide bonds. The van der Waals surface area contributed by atoms with Crippen LogP contribution in [-0.2, 0) is 10.0 Å². The molecule has 0 spiro atoms. The number of nitrogens with zero attached hydrogens (tertiary/aromatic N) is 1. The summed E-state index contributed by atoms with van der Waals surface area (Å²) >= 11 is 0. The van der Waals surface area contributed by atoms with Crippen LogP contribution in [0.3, 0.4) is 0 Å². The first-order chi connectivity index (χ1) is 10.4. The Kier molecular flexibility index (Phi) is 4.79. The van der Waals surface area contributed by atoms with Crippen LogP contribution in [0.4, 0.5) is 5.69 Å². The molecule has 2 N–H and O–H groups in total. The fourth-order valence-electron chi connectivity index (χ4n) is 1.79. The minimum absolute atomic E-state index is 0.0495. The smallest absolute Gasteiger partial charge is 0.238 e. The van der Waals surface area contributed by atoms with Gasteiger partial charge < -0.3 is 9.47 Å². The number of nitrogens with two attached hydrogens (primary N) is 1. The van der Waals surface area contributed by atoms with Crippen molar-refractivity contribution in [1.82, 2.24) is 0 Å². The van der Waals surface area contributed by atoms with Gasteiger partial charge in [0.15, 0.2) is 0 Å². The standard InChI is InChI=1S/C15H16N2O4S/c1-20-13-6-3-11(15(9-13)21-2)10-17-12-4-7-14(8-5-12)22(16,18)19/h3-10H,1-2H3,(H2,16,18,19). The summed E-state index contributed by atoms with van der Waals surface area (Å²) in [5.41, 5.74) is 1.38. The van der Waals surface area contributed by atoms with Crippen molar-refractivity contribution < 1.29 is 17.9 Å². The van der Waals surface area contributed by atoms with Crippen LogP contribution in [0, 0.1) is 0 Å². The second-order valence-electron chi connectivity index (χ2n) is 4.40. The first kappa shape index (κ1) is 16.0. The van der Waals surface area contributed by atoms with Gasteiger partial charge in [-0.2, -0.15) is 0 Å². The lowest BCUT2D eigenvalue weighted by molar-refractivity contribution is 0.394. The fraction of sp³-hybridized carbons (Fsp3) is 0.133. The first-order valence-electron chi connectivity index (χ1n) is 6.33. The summed E-state index contributed by atoms with van der Waals surface area (Å²) in [6, 6.07) is 11.3. The van der Waals surface area contributed by atoms with Gasteiger partial charge in [-0.1, -0.05) is 0 Å². The predicted molar refractivity (Wildman–Crippen MR) is 84.6 cm³/mol. The molecule has 116 valence electrons. The minimum atomic E-state index is -3.69. The van der Waals surface area contributed by atoms with Crippen LogP contribution in [0.2, 0.25) is 0 Å². The van der Waals surface area contributed by atoms with Crippen molar-refractivity contribution in [2.75, 3.05) is 14.2 Å². The summed E-state index contributed by atoms with van der Waals surface area (Å²) in [4.78, 5) is 4.33. The number of sulfonamides is 1. The normalized spacial score (nSPS) is 11.6. The van der Waals surface area contributed by atoms with Crippen LogP contribution in [0.1, 0.15) is 5.56 Å². The van der Waals surface area contributed by atoms with Gasteiger partial charge in [-0.05, 0) is 36.4 Å². The summed E-state index contributed by atoms with van der Waals surface area (Å²) in [7, 11) is -0.549. The third-order valence-electron chi connectivity index (χ3n) is 2.96. The molecule has 0 radical (unpaired) electrons. The molecule has 0 bridgehead atoms. The summed E-state index contributed by atoms with van der Waals surface area (Å²) in [6.45, 7) is 0. The van der Waals surface area contributed by atoms with E-state index in [0.717, 1.165) is 5.56 Å². The lowest BCUT2D eigenvalue weighted by Crippen LogP contribution is -2.11. The molecule has 0 aromatic heterocycles. The first-order valence-corrected chi connectivity index (χ1v) is 7.87. The molecule has 0 fully saturated rings. The summed E-state index contributed by atoms with van der Waals surface area (Å²) in [5.74, 6) is 1.32. The van der Waals surface area contributed by atoms with Gasteiger partial charge in [-0.3, -0.25) is 4.99 Å². The van der Waals surface area contributed by atoms with Crippen LogP contribution in [0.5, 0.6) is 11.5 Å². The molecular formula is C15H16N2O4S. The van der Waals surface area contributed by atoms with Gasteiger partial charge in [-0.25, -0.2) is 13.6 Å². The minimum Gasteiger partial charge on any atom is -0.497 e. The number of benzene rings is 2. The second-order valence-corrected chi connectivity index (χ2v) is 5.97. The molecule has 0 heterocycles. The van der Waals surface area contributed by atoms with Gasteiger partial charge in [0.1, 0.15) is 11.5 Å². The van der Waals surface area contributed by atoms with Crippen molar-refractivity contribution in [1.29, 1.82) is 0 Å². The van der Waals surface area contributed by atoms with E-state index in [1.54, 1.807) is 44.7 Å². The highest BCUT2D eigenvalue weighted by Crippen LogP contribution is 2.24. The van der Waals surface area contributed by atoms with Crippen LogP contribution in [0.15, 0.2) is 52.4 Å². The lowest BCUT2D eigenvalue weighted by atomic mass is 10.2. The number of hydrogen-bond donors (Lipinski definition) is 1. The van der Waals surface area contributed by atoms with E-state index in [9.17, 15) is 8.42 Å². The van der Waals surface area contributed by atoms with Crippen molar-refractivity contribution >= 4 is 21.9 Å². The number of rotatable bonds is 5. The Labute approximate surface area is 129 Å². The van der Waals surface area contributed by atoms with E-state index >= 15 is 0 Å². The molecule has 0 aliphatic heterocycles. The zero-order chi connectivity index (χ0) is 16.2. The van der Waals surface area contributed by atoms with E-state index in [-0.39, 0.29) is 4.90 Å². The maximum Gasteiger partial charge on any atom is 0.238 e. The Hall–Kier alpha value is -2.38. The molecule has 22 heavy (non-hydrogen) atoms. The van der Waals surface area contributed by atoms with Gasteiger partial charge in [0.05, 0.1) is 24.8 Å². The topological polar surface area (TPSA) is 91.0 Å². The van der Waals surface area contributed by atoms with Crippen LogP contribution >= 0.6 is 0 Å². The van der Waals surface area contributed by atoms with Gasteiger partial charge >= 0.3 is 0 Å². The van der Waals surface area contributed by atoms with E-state index in [4.69, 9.17) is 14.6 Å². The number of methoxy groups -OCH3 is 2. The Morgan fingerprint density at radius 3 is 2.27 bits per heavy atom. The predicted octanol–water partition coefficient (Wildman–Crippen LogP) is 2.10. The zero-order valence-electron chi connectivity index (χ0n) is 12.2. The van der Waals surface area contributed by atoms with Crippen LogP contribution < -0.4 is 14.6 Å². The fourth-order valence-corrected chi connectivity index (χ4v) is 2.31. The molecule has 0 saturated carbocycles. The SMILES string of the molecule is COc1ccc(C=Nc2ccc(S(N)(=O)=O)cc2)c(OC)c1. The molecule has 2 aromatic carbocycles. The van der Waals surface area contributed by atoms with Crippen molar-refractivity contribution in [3.8, 4) is 11.5 Å². The monoisotopic (exact) mass is 320 g/mol. The number of primary sulfonamides is 1. The van der Waals surface area contributed by atoms with E-state index in [2.05, 4.69) is 4.99 Å². The molecule has 0 atom stereocenters. The lowest BCUT2D eigenvalue weighted by Gasteiger charge is -2.06. The number of ether oxygens (including phenoxy) is 2. The van der Waals surface area contributed by atoms with Crippen LogP contribution in [-0.4, -0.2) is 28.9 Å². The Morgan fingerprint density at radius 2 is 1.73 bits per heavy atom. The highest BCUT2D eigenvalue weighted by Gasteiger charge is 2.06. The average Bonchev–Trinajstić information content (AvgIpc) is 2.52. The molecule has 7 heteroatoms. The molecule has 0 saturated heterocycles. The summed E-state index contributed by atoms with van der Waals surface area (Å²) < 4.78 is 32.8. The zero-order valence-corrected chi connectivity index (χ0v) is 13.0. The third-order valence-corrected chi connectivity index (χ3v) is 3.89.